The van der Waals surface area contributed by atoms with E-state index in [1.807, 2.05) is 67.9 Å². The molecule has 1 aliphatic heterocycles. The predicted octanol–water partition coefficient (Wildman–Crippen LogP) is 2.52. The molecular formula is C20H24N3O2+. The van der Waals surface area contributed by atoms with Crippen LogP contribution in [0.25, 0.3) is 0 Å². The van der Waals surface area contributed by atoms with Gasteiger partial charge in [-0.1, -0.05) is 31.2 Å². The molecule has 1 aliphatic rings. The number of rotatable bonds is 4. The molecule has 0 bridgehead atoms. The molecule has 0 saturated heterocycles. The van der Waals surface area contributed by atoms with E-state index in [-0.39, 0.29) is 18.4 Å². The van der Waals surface area contributed by atoms with Crippen LogP contribution in [-0.4, -0.2) is 23.3 Å². The van der Waals surface area contributed by atoms with E-state index in [1.54, 1.807) is 4.90 Å². The lowest BCUT2D eigenvalue weighted by atomic mass is 10.0. The molecule has 2 heterocycles. The molecule has 0 fully saturated rings. The highest BCUT2D eigenvalue weighted by atomic mass is 16.2. The molecular weight excluding hydrogens is 314 g/mol. The van der Waals surface area contributed by atoms with Crippen LogP contribution in [0.3, 0.4) is 0 Å². The van der Waals surface area contributed by atoms with Crippen molar-refractivity contribution in [2.45, 2.75) is 39.8 Å². The fourth-order valence-electron chi connectivity index (χ4n) is 3.40. The number of para-hydroxylation sites is 1. The van der Waals surface area contributed by atoms with Crippen molar-refractivity contribution in [2.75, 3.05) is 11.9 Å². The van der Waals surface area contributed by atoms with Crippen LogP contribution in [0.1, 0.15) is 36.2 Å². The first-order chi connectivity index (χ1) is 12.0. The van der Waals surface area contributed by atoms with E-state index in [9.17, 15) is 9.59 Å². The molecule has 2 amide bonds. The van der Waals surface area contributed by atoms with Crippen LogP contribution in [0, 0.1) is 13.8 Å². The Morgan fingerprint density at radius 2 is 1.92 bits per heavy atom. The standard InChI is InChI=1S/C20H23N3O2/c1-4-11-23-17(24)13-22-12-6-5-10-16(22)19(23)20(25)21-18-14(2)8-7-9-15(18)3/h5-10,12,19H,4,11,13H2,1-3H3/p+1. The Balaban J connectivity index is 1.99. The third kappa shape index (κ3) is 3.27. The van der Waals surface area contributed by atoms with Crippen molar-refractivity contribution in [3.8, 4) is 0 Å². The van der Waals surface area contributed by atoms with Gasteiger partial charge in [0.05, 0.1) is 0 Å². The van der Waals surface area contributed by atoms with Gasteiger partial charge in [-0.2, -0.15) is 4.57 Å². The van der Waals surface area contributed by atoms with Gasteiger partial charge in [-0.05, 0) is 31.4 Å². The number of pyridine rings is 1. The van der Waals surface area contributed by atoms with E-state index in [1.165, 1.54) is 0 Å². The number of fused-ring (bicyclic) bond motifs is 1. The van der Waals surface area contributed by atoms with Crippen LogP contribution >= 0.6 is 0 Å². The van der Waals surface area contributed by atoms with Gasteiger partial charge in [0.2, 0.25) is 12.2 Å². The molecule has 3 rings (SSSR count). The molecule has 1 atom stereocenters. The van der Waals surface area contributed by atoms with Crippen LogP contribution in [0.15, 0.2) is 42.6 Å². The van der Waals surface area contributed by atoms with Crippen molar-refractivity contribution in [2.24, 2.45) is 0 Å². The van der Waals surface area contributed by atoms with E-state index in [0.717, 1.165) is 28.9 Å². The molecule has 0 radical (unpaired) electrons. The van der Waals surface area contributed by atoms with Crippen LogP contribution < -0.4 is 9.88 Å². The number of amides is 2. The SMILES string of the molecule is CCCN1C(=O)C[n+]2ccccc2C1C(=O)Nc1c(C)cccc1C. The minimum atomic E-state index is -0.610. The van der Waals surface area contributed by atoms with Gasteiger partial charge in [-0.15, -0.1) is 0 Å². The molecule has 0 saturated carbocycles. The zero-order chi connectivity index (χ0) is 18.0. The fraction of sp³-hybridized carbons (Fsp3) is 0.350. The summed E-state index contributed by atoms with van der Waals surface area (Å²) in [6.45, 7) is 6.81. The summed E-state index contributed by atoms with van der Waals surface area (Å²) in [5.41, 5.74) is 3.70. The highest BCUT2D eigenvalue weighted by Gasteiger charge is 2.42. The number of hydrogen-bond donors (Lipinski definition) is 1. The zero-order valence-corrected chi connectivity index (χ0v) is 15.0. The van der Waals surface area contributed by atoms with Gasteiger partial charge in [0.1, 0.15) is 0 Å². The quantitative estimate of drug-likeness (QED) is 0.871. The summed E-state index contributed by atoms with van der Waals surface area (Å²) in [6.07, 6.45) is 2.67. The predicted molar refractivity (Wildman–Crippen MR) is 95.9 cm³/mol. The van der Waals surface area contributed by atoms with Gasteiger partial charge in [0.15, 0.2) is 12.2 Å². The second-order valence-electron chi connectivity index (χ2n) is 6.50. The largest absolute Gasteiger partial charge is 0.323 e. The van der Waals surface area contributed by atoms with E-state index >= 15 is 0 Å². The minimum Gasteiger partial charge on any atom is -0.323 e. The van der Waals surface area contributed by atoms with Gasteiger partial charge >= 0.3 is 0 Å². The third-order valence-electron chi connectivity index (χ3n) is 4.64. The number of hydrogen-bond acceptors (Lipinski definition) is 2. The van der Waals surface area contributed by atoms with Crippen molar-refractivity contribution in [3.05, 3.63) is 59.4 Å². The normalized spacial score (nSPS) is 16.5. The first kappa shape index (κ1) is 17.1. The van der Waals surface area contributed by atoms with Crippen LogP contribution in [-0.2, 0) is 16.1 Å². The summed E-state index contributed by atoms with van der Waals surface area (Å²) in [5, 5.41) is 3.05. The summed E-state index contributed by atoms with van der Waals surface area (Å²) in [5.74, 6) is -0.189. The van der Waals surface area contributed by atoms with Crippen molar-refractivity contribution < 1.29 is 14.2 Å². The second kappa shape index (κ2) is 7.05. The maximum Gasteiger partial charge on any atom is 0.289 e. The number of carbonyl (C=O) groups is 2. The Morgan fingerprint density at radius 3 is 2.60 bits per heavy atom. The average molecular weight is 338 g/mol. The van der Waals surface area contributed by atoms with Gasteiger partial charge in [0.25, 0.3) is 11.8 Å². The Kier molecular flexibility index (Phi) is 4.83. The zero-order valence-electron chi connectivity index (χ0n) is 15.0. The number of anilines is 1. The lowest BCUT2D eigenvalue weighted by Gasteiger charge is -2.32. The summed E-state index contributed by atoms with van der Waals surface area (Å²) >= 11 is 0. The van der Waals surface area contributed by atoms with Crippen molar-refractivity contribution >= 4 is 17.5 Å². The van der Waals surface area contributed by atoms with Gasteiger partial charge < -0.3 is 10.2 Å². The summed E-state index contributed by atoms with van der Waals surface area (Å²) < 4.78 is 1.86. The van der Waals surface area contributed by atoms with Gasteiger partial charge in [-0.25, -0.2) is 0 Å². The first-order valence-corrected chi connectivity index (χ1v) is 8.68. The van der Waals surface area contributed by atoms with E-state index in [4.69, 9.17) is 0 Å². The minimum absolute atomic E-state index is 0.0211. The smallest absolute Gasteiger partial charge is 0.289 e. The first-order valence-electron chi connectivity index (χ1n) is 8.68. The maximum absolute atomic E-state index is 13.1. The Morgan fingerprint density at radius 1 is 1.20 bits per heavy atom. The van der Waals surface area contributed by atoms with Crippen LogP contribution in [0.4, 0.5) is 5.69 Å². The number of aromatic nitrogens is 1. The molecule has 1 N–H and O–H groups in total. The Bertz CT molecular complexity index is 796. The van der Waals surface area contributed by atoms with E-state index in [2.05, 4.69) is 5.32 Å². The average Bonchev–Trinajstić information content (AvgIpc) is 2.59. The van der Waals surface area contributed by atoms with E-state index in [0.29, 0.717) is 6.54 Å². The molecule has 0 spiro atoms. The van der Waals surface area contributed by atoms with Crippen molar-refractivity contribution in [1.82, 2.24) is 4.90 Å². The van der Waals surface area contributed by atoms with E-state index < -0.39 is 6.04 Å². The molecule has 5 heteroatoms. The lowest BCUT2D eigenvalue weighted by Crippen LogP contribution is -2.58. The maximum atomic E-state index is 13.1. The van der Waals surface area contributed by atoms with Crippen molar-refractivity contribution in [3.63, 3.8) is 0 Å². The molecule has 0 aliphatic carbocycles. The molecule has 1 unspecified atom stereocenters. The molecule has 1 aromatic heterocycles. The number of nitrogens with one attached hydrogen (secondary N) is 1. The molecule has 5 nitrogen and oxygen atoms in total. The number of benzene rings is 1. The highest BCUT2D eigenvalue weighted by molar-refractivity contribution is 5.98. The van der Waals surface area contributed by atoms with Crippen LogP contribution in [0.5, 0.6) is 0 Å². The summed E-state index contributed by atoms with van der Waals surface area (Å²) in [4.78, 5) is 27.4. The molecule has 25 heavy (non-hydrogen) atoms. The van der Waals surface area contributed by atoms with Gasteiger partial charge in [-0.3, -0.25) is 9.59 Å². The lowest BCUT2D eigenvalue weighted by molar-refractivity contribution is -0.698. The summed E-state index contributed by atoms with van der Waals surface area (Å²) in [6, 6.07) is 11.0. The second-order valence-corrected chi connectivity index (χ2v) is 6.50. The third-order valence-corrected chi connectivity index (χ3v) is 4.64. The number of aryl methyl sites for hydroxylation is 2. The topological polar surface area (TPSA) is 53.3 Å². The van der Waals surface area contributed by atoms with Crippen molar-refractivity contribution in [1.29, 1.82) is 0 Å². The Labute approximate surface area is 148 Å². The molecule has 130 valence electrons. The Hall–Kier alpha value is -2.69. The highest BCUT2D eigenvalue weighted by Crippen LogP contribution is 2.26. The monoisotopic (exact) mass is 338 g/mol. The number of nitrogens with zero attached hydrogens (tertiary/aromatic N) is 2. The van der Waals surface area contributed by atoms with Crippen LogP contribution in [0.2, 0.25) is 0 Å². The molecule has 2 aromatic rings. The number of carbonyl (C=O) groups excluding carboxylic acids is 2. The summed E-state index contributed by atoms with van der Waals surface area (Å²) in [7, 11) is 0. The fourth-order valence-corrected chi connectivity index (χ4v) is 3.40. The van der Waals surface area contributed by atoms with Gasteiger partial charge in [0, 0.05) is 24.4 Å². The molecule has 1 aromatic carbocycles.